The lowest BCUT2D eigenvalue weighted by Gasteiger charge is -2.32. The van der Waals surface area contributed by atoms with E-state index in [2.05, 4.69) is 0 Å². The lowest BCUT2D eigenvalue weighted by atomic mass is 9.79. The SMILES string of the molecule is CC(C)c1ccc(COc2ccc(B3OC(C)(C)C(C)(C)O3)cc2)cc1F. The van der Waals surface area contributed by atoms with Crippen molar-refractivity contribution in [1.29, 1.82) is 0 Å². The van der Waals surface area contributed by atoms with E-state index in [-0.39, 0.29) is 30.1 Å². The van der Waals surface area contributed by atoms with Gasteiger partial charge in [-0.2, -0.15) is 0 Å². The average Bonchev–Trinajstić information content (AvgIpc) is 2.81. The normalized spacial score (nSPS) is 18.1. The predicted octanol–water partition coefficient (Wildman–Crippen LogP) is 4.83. The molecule has 0 spiro atoms. The van der Waals surface area contributed by atoms with E-state index in [4.69, 9.17) is 14.0 Å². The van der Waals surface area contributed by atoms with Crippen LogP contribution in [0.25, 0.3) is 0 Å². The molecular formula is C22H28BFO3. The molecule has 1 fully saturated rings. The summed E-state index contributed by atoms with van der Waals surface area (Å²) in [6.45, 7) is 12.4. The Kier molecular flexibility index (Phi) is 5.37. The zero-order valence-corrected chi connectivity index (χ0v) is 17.0. The Morgan fingerprint density at radius 2 is 1.56 bits per heavy atom. The summed E-state index contributed by atoms with van der Waals surface area (Å²) in [7, 11) is -0.387. The number of ether oxygens (including phenoxy) is 1. The van der Waals surface area contributed by atoms with Crippen molar-refractivity contribution in [2.45, 2.75) is 65.3 Å². The molecule has 0 amide bonds. The topological polar surface area (TPSA) is 27.7 Å². The molecule has 5 heteroatoms. The highest BCUT2D eigenvalue weighted by Gasteiger charge is 2.51. The van der Waals surface area contributed by atoms with E-state index in [0.717, 1.165) is 22.3 Å². The molecule has 0 bridgehead atoms. The molecule has 0 saturated carbocycles. The first-order valence-electron chi connectivity index (χ1n) is 9.46. The van der Waals surface area contributed by atoms with Gasteiger partial charge in [-0.15, -0.1) is 0 Å². The summed E-state index contributed by atoms with van der Waals surface area (Å²) in [5.74, 6) is 0.716. The van der Waals surface area contributed by atoms with E-state index >= 15 is 0 Å². The second-order valence-corrected chi connectivity index (χ2v) is 8.46. The summed E-state index contributed by atoms with van der Waals surface area (Å²) in [6.07, 6.45) is 0. The van der Waals surface area contributed by atoms with Crippen molar-refractivity contribution in [3.63, 3.8) is 0 Å². The van der Waals surface area contributed by atoms with Crippen molar-refractivity contribution in [3.05, 3.63) is 59.4 Å². The summed E-state index contributed by atoms with van der Waals surface area (Å²) < 4.78 is 32.0. The molecule has 1 aliphatic rings. The van der Waals surface area contributed by atoms with Gasteiger partial charge in [-0.05, 0) is 68.4 Å². The van der Waals surface area contributed by atoms with E-state index in [1.165, 1.54) is 0 Å². The monoisotopic (exact) mass is 370 g/mol. The van der Waals surface area contributed by atoms with Crippen LogP contribution in [0.15, 0.2) is 42.5 Å². The number of rotatable bonds is 5. The Balaban J connectivity index is 1.63. The van der Waals surface area contributed by atoms with Gasteiger partial charge in [0.2, 0.25) is 0 Å². The molecule has 3 rings (SSSR count). The lowest BCUT2D eigenvalue weighted by molar-refractivity contribution is 0.00578. The van der Waals surface area contributed by atoms with Crippen molar-refractivity contribution in [2.24, 2.45) is 0 Å². The molecular weight excluding hydrogens is 342 g/mol. The third-order valence-corrected chi connectivity index (χ3v) is 5.50. The molecule has 0 radical (unpaired) electrons. The summed E-state index contributed by atoms with van der Waals surface area (Å²) in [4.78, 5) is 0. The van der Waals surface area contributed by atoms with Crippen LogP contribution < -0.4 is 10.2 Å². The van der Waals surface area contributed by atoms with Crippen LogP contribution in [0, 0.1) is 5.82 Å². The zero-order valence-electron chi connectivity index (χ0n) is 17.0. The van der Waals surface area contributed by atoms with Gasteiger partial charge in [-0.25, -0.2) is 4.39 Å². The summed E-state index contributed by atoms with van der Waals surface area (Å²) in [6, 6.07) is 13.0. The first kappa shape index (κ1) is 19.9. The minimum absolute atomic E-state index is 0.169. The predicted molar refractivity (Wildman–Crippen MR) is 107 cm³/mol. The maximum absolute atomic E-state index is 14.1. The third kappa shape index (κ3) is 4.20. The van der Waals surface area contributed by atoms with E-state index < -0.39 is 0 Å². The van der Waals surface area contributed by atoms with Gasteiger partial charge in [-0.1, -0.05) is 38.1 Å². The molecule has 0 aliphatic carbocycles. The molecule has 1 saturated heterocycles. The fourth-order valence-corrected chi connectivity index (χ4v) is 3.00. The molecule has 0 unspecified atom stereocenters. The van der Waals surface area contributed by atoms with Crippen LogP contribution in [0.5, 0.6) is 5.75 Å². The van der Waals surface area contributed by atoms with Crippen LogP contribution in [0.2, 0.25) is 0 Å². The van der Waals surface area contributed by atoms with E-state index in [0.29, 0.717) is 6.61 Å². The van der Waals surface area contributed by atoms with Crippen LogP contribution in [-0.2, 0) is 15.9 Å². The van der Waals surface area contributed by atoms with Crippen LogP contribution in [0.1, 0.15) is 58.6 Å². The highest BCUT2D eigenvalue weighted by molar-refractivity contribution is 6.62. The van der Waals surface area contributed by atoms with E-state index in [9.17, 15) is 4.39 Å². The smallest absolute Gasteiger partial charge is 0.489 e. The molecule has 0 N–H and O–H groups in total. The zero-order chi connectivity index (χ0) is 19.8. The molecule has 1 aliphatic heterocycles. The standard InChI is InChI=1S/C22H28BFO3/c1-15(2)19-12-7-16(13-20(19)24)14-25-18-10-8-17(9-11-18)23-26-21(3,4)22(5,6)27-23/h7-13,15H,14H2,1-6H3. The van der Waals surface area contributed by atoms with Crippen molar-refractivity contribution in [3.8, 4) is 5.75 Å². The van der Waals surface area contributed by atoms with Crippen molar-refractivity contribution in [2.75, 3.05) is 0 Å². The quantitative estimate of drug-likeness (QED) is 0.706. The van der Waals surface area contributed by atoms with Gasteiger partial charge in [0.1, 0.15) is 18.2 Å². The second-order valence-electron chi connectivity index (χ2n) is 8.46. The van der Waals surface area contributed by atoms with Crippen molar-refractivity contribution < 1.29 is 18.4 Å². The Hall–Kier alpha value is -1.85. The van der Waals surface area contributed by atoms with Gasteiger partial charge in [0, 0.05) is 0 Å². The maximum atomic E-state index is 14.1. The van der Waals surface area contributed by atoms with Gasteiger partial charge in [0.15, 0.2) is 0 Å². The summed E-state index contributed by atoms with van der Waals surface area (Å²) in [5, 5.41) is 0. The van der Waals surface area contributed by atoms with E-state index in [1.807, 2.05) is 77.9 Å². The Labute approximate surface area is 162 Å². The molecule has 1 heterocycles. The Morgan fingerprint density at radius 1 is 0.963 bits per heavy atom. The van der Waals surface area contributed by atoms with Gasteiger partial charge in [-0.3, -0.25) is 0 Å². The first-order valence-corrected chi connectivity index (χ1v) is 9.46. The molecule has 144 valence electrons. The van der Waals surface area contributed by atoms with Crippen LogP contribution in [-0.4, -0.2) is 18.3 Å². The molecule has 0 atom stereocenters. The van der Waals surface area contributed by atoms with Crippen LogP contribution in [0.4, 0.5) is 4.39 Å². The van der Waals surface area contributed by atoms with Gasteiger partial charge >= 0.3 is 7.12 Å². The van der Waals surface area contributed by atoms with Gasteiger partial charge in [0.25, 0.3) is 0 Å². The maximum Gasteiger partial charge on any atom is 0.494 e. The van der Waals surface area contributed by atoms with Crippen molar-refractivity contribution in [1.82, 2.24) is 0 Å². The fourth-order valence-electron chi connectivity index (χ4n) is 3.00. The van der Waals surface area contributed by atoms with Crippen molar-refractivity contribution >= 4 is 12.6 Å². The highest BCUT2D eigenvalue weighted by Crippen LogP contribution is 2.36. The van der Waals surface area contributed by atoms with Gasteiger partial charge in [0.05, 0.1) is 11.2 Å². The fraction of sp³-hybridized carbons (Fsp3) is 0.455. The summed E-state index contributed by atoms with van der Waals surface area (Å²) in [5.41, 5.74) is 1.77. The number of halogens is 1. The number of hydrogen-bond acceptors (Lipinski definition) is 3. The largest absolute Gasteiger partial charge is 0.494 e. The average molecular weight is 370 g/mol. The molecule has 3 nitrogen and oxygen atoms in total. The second kappa shape index (κ2) is 7.29. The molecule has 27 heavy (non-hydrogen) atoms. The third-order valence-electron chi connectivity index (χ3n) is 5.50. The first-order chi connectivity index (χ1) is 12.6. The van der Waals surface area contributed by atoms with E-state index in [1.54, 1.807) is 6.07 Å². The highest BCUT2D eigenvalue weighted by atomic mass is 19.1. The van der Waals surface area contributed by atoms with Crippen LogP contribution in [0.3, 0.4) is 0 Å². The summed E-state index contributed by atoms with van der Waals surface area (Å²) >= 11 is 0. The lowest BCUT2D eigenvalue weighted by Crippen LogP contribution is -2.41. The Bertz CT molecular complexity index is 784. The van der Waals surface area contributed by atoms with Gasteiger partial charge < -0.3 is 14.0 Å². The minimum Gasteiger partial charge on any atom is -0.489 e. The molecule has 2 aromatic rings. The number of benzene rings is 2. The van der Waals surface area contributed by atoms with Crippen LogP contribution >= 0.6 is 0 Å². The molecule has 2 aromatic carbocycles. The Morgan fingerprint density at radius 3 is 2.07 bits per heavy atom. The number of hydrogen-bond donors (Lipinski definition) is 0. The minimum atomic E-state index is -0.387. The molecule has 0 aromatic heterocycles.